The van der Waals surface area contributed by atoms with E-state index in [1.54, 1.807) is 23.1 Å². The Morgan fingerprint density at radius 2 is 2.00 bits per heavy atom. The largest absolute Gasteiger partial charge is 0.342 e. The number of nitro benzene ring substituents is 1. The highest BCUT2D eigenvalue weighted by Crippen LogP contribution is 2.29. The summed E-state index contributed by atoms with van der Waals surface area (Å²) < 4.78 is 13.3. The van der Waals surface area contributed by atoms with E-state index in [0.717, 1.165) is 0 Å². The van der Waals surface area contributed by atoms with Crippen LogP contribution in [0, 0.1) is 27.3 Å². The van der Waals surface area contributed by atoms with E-state index in [2.05, 4.69) is 0 Å². The molecule has 0 aliphatic rings. The predicted molar refractivity (Wildman–Crippen MR) is 76.9 cm³/mol. The fraction of sp³-hybridized carbons (Fsp3) is 0.133. The molecule has 0 aliphatic heterocycles. The maximum atomic E-state index is 13.3. The van der Waals surface area contributed by atoms with Gasteiger partial charge in [0.25, 0.3) is 5.69 Å². The van der Waals surface area contributed by atoms with Gasteiger partial charge in [0, 0.05) is 24.0 Å². The van der Waals surface area contributed by atoms with E-state index in [1.165, 1.54) is 24.3 Å². The van der Waals surface area contributed by atoms with Gasteiger partial charge >= 0.3 is 0 Å². The first-order valence-electron chi connectivity index (χ1n) is 6.28. The Morgan fingerprint density at radius 1 is 1.29 bits per heavy atom. The highest BCUT2D eigenvalue weighted by Gasteiger charge is 2.16. The third-order valence-corrected chi connectivity index (χ3v) is 3.05. The van der Waals surface area contributed by atoms with Crippen molar-refractivity contribution >= 4 is 17.1 Å². The molecule has 0 bridgehead atoms. The summed E-state index contributed by atoms with van der Waals surface area (Å²) in [6.07, 6.45) is 0. The van der Waals surface area contributed by atoms with E-state index in [-0.39, 0.29) is 17.1 Å². The molecule has 0 saturated heterocycles. The molecule has 0 atom stereocenters. The molecule has 0 unspecified atom stereocenters. The van der Waals surface area contributed by atoms with Gasteiger partial charge in [0.15, 0.2) is 0 Å². The van der Waals surface area contributed by atoms with Crippen LogP contribution >= 0.6 is 0 Å². The van der Waals surface area contributed by atoms with E-state index >= 15 is 0 Å². The summed E-state index contributed by atoms with van der Waals surface area (Å²) in [5.74, 6) is -0.367. The number of nitrogens with zero attached hydrogens (tertiary/aromatic N) is 3. The Labute approximate surface area is 121 Å². The van der Waals surface area contributed by atoms with Crippen molar-refractivity contribution in [3.8, 4) is 6.07 Å². The maximum absolute atomic E-state index is 13.3. The lowest BCUT2D eigenvalue weighted by atomic mass is 10.1. The third kappa shape index (κ3) is 2.98. The first-order valence-corrected chi connectivity index (χ1v) is 6.28. The van der Waals surface area contributed by atoms with Gasteiger partial charge in [0.05, 0.1) is 4.92 Å². The smallest absolute Gasteiger partial charge is 0.287 e. The number of rotatable bonds is 4. The minimum absolute atomic E-state index is 0.0210. The van der Waals surface area contributed by atoms with E-state index in [0.29, 0.717) is 17.9 Å². The first-order chi connectivity index (χ1) is 10.1. The Bertz CT molecular complexity index is 725. The van der Waals surface area contributed by atoms with E-state index in [4.69, 9.17) is 5.26 Å². The van der Waals surface area contributed by atoms with Crippen LogP contribution in [-0.4, -0.2) is 11.5 Å². The van der Waals surface area contributed by atoms with Crippen molar-refractivity contribution in [3.05, 3.63) is 64.0 Å². The Kier molecular flexibility index (Phi) is 4.14. The predicted octanol–water partition coefficient (Wildman–Crippen LogP) is 3.76. The number of nitriles is 1. The summed E-state index contributed by atoms with van der Waals surface area (Å²) in [5.41, 5.74) is 0.962. The number of hydrogen-bond acceptors (Lipinski definition) is 4. The Balaban J connectivity index is 2.49. The lowest BCUT2D eigenvalue weighted by Gasteiger charge is -2.23. The second kappa shape index (κ2) is 6.01. The zero-order valence-electron chi connectivity index (χ0n) is 11.3. The van der Waals surface area contributed by atoms with Crippen molar-refractivity contribution < 1.29 is 9.31 Å². The van der Waals surface area contributed by atoms with Crippen LogP contribution in [0.2, 0.25) is 0 Å². The molecule has 2 aromatic rings. The molecule has 5 nitrogen and oxygen atoms in total. The Morgan fingerprint density at radius 3 is 2.57 bits per heavy atom. The molecular weight excluding hydrogens is 273 g/mol. The van der Waals surface area contributed by atoms with Crippen molar-refractivity contribution in [1.29, 1.82) is 5.26 Å². The SMILES string of the molecule is CCN(c1cccc(F)c1)c1ccc([N+](=O)[O-])c(C#N)c1. The first kappa shape index (κ1) is 14.5. The average molecular weight is 285 g/mol. The van der Waals surface area contributed by atoms with Crippen molar-refractivity contribution in [2.75, 3.05) is 11.4 Å². The van der Waals surface area contributed by atoms with Gasteiger partial charge in [-0.1, -0.05) is 6.07 Å². The van der Waals surface area contributed by atoms with E-state index in [1.807, 2.05) is 13.0 Å². The minimum Gasteiger partial charge on any atom is -0.342 e. The molecule has 0 aromatic heterocycles. The molecule has 0 radical (unpaired) electrons. The van der Waals surface area contributed by atoms with Crippen LogP contribution in [0.3, 0.4) is 0 Å². The molecule has 0 saturated carbocycles. The quantitative estimate of drug-likeness (QED) is 0.633. The summed E-state index contributed by atoms with van der Waals surface area (Å²) in [4.78, 5) is 12.0. The maximum Gasteiger partial charge on any atom is 0.287 e. The number of hydrogen-bond donors (Lipinski definition) is 0. The molecule has 21 heavy (non-hydrogen) atoms. The van der Waals surface area contributed by atoms with Crippen molar-refractivity contribution in [3.63, 3.8) is 0 Å². The van der Waals surface area contributed by atoms with Crippen LogP contribution in [-0.2, 0) is 0 Å². The topological polar surface area (TPSA) is 70.2 Å². The molecule has 0 aliphatic carbocycles. The molecule has 2 rings (SSSR count). The van der Waals surface area contributed by atoms with Gasteiger partial charge in [-0.25, -0.2) is 4.39 Å². The van der Waals surface area contributed by atoms with Crippen LogP contribution in [0.25, 0.3) is 0 Å². The molecular formula is C15H12FN3O2. The molecule has 0 spiro atoms. The average Bonchev–Trinajstić information content (AvgIpc) is 2.47. The molecule has 106 valence electrons. The fourth-order valence-corrected chi connectivity index (χ4v) is 2.10. The third-order valence-electron chi connectivity index (χ3n) is 3.05. The number of halogens is 1. The summed E-state index contributed by atoms with van der Waals surface area (Å²) >= 11 is 0. The van der Waals surface area contributed by atoms with Crippen molar-refractivity contribution in [2.45, 2.75) is 6.92 Å². The zero-order chi connectivity index (χ0) is 15.4. The van der Waals surface area contributed by atoms with Crippen LogP contribution in [0.15, 0.2) is 42.5 Å². The number of benzene rings is 2. The lowest BCUT2D eigenvalue weighted by Crippen LogP contribution is -2.16. The Hall–Kier alpha value is -2.94. The summed E-state index contributed by atoms with van der Waals surface area (Å²) in [6, 6.07) is 12.1. The van der Waals surface area contributed by atoms with Gasteiger partial charge < -0.3 is 4.90 Å². The molecule has 0 amide bonds. The van der Waals surface area contributed by atoms with Crippen LogP contribution < -0.4 is 4.90 Å². The second-order valence-electron chi connectivity index (χ2n) is 4.29. The van der Waals surface area contributed by atoms with Gasteiger partial charge in [0.1, 0.15) is 17.4 Å². The standard InChI is InChI=1S/C15H12FN3O2/c1-2-18(13-5-3-4-12(16)9-13)14-6-7-15(19(20)21)11(8-14)10-17/h3-9H,2H2,1H3. The van der Waals surface area contributed by atoms with Crippen LogP contribution in [0.1, 0.15) is 12.5 Å². The van der Waals surface area contributed by atoms with Gasteiger partial charge in [-0.15, -0.1) is 0 Å². The number of anilines is 2. The molecule has 2 aromatic carbocycles. The molecule has 0 fully saturated rings. The van der Waals surface area contributed by atoms with E-state index < -0.39 is 4.92 Å². The van der Waals surface area contributed by atoms with Gasteiger partial charge in [0.2, 0.25) is 0 Å². The van der Waals surface area contributed by atoms with Crippen molar-refractivity contribution in [1.82, 2.24) is 0 Å². The van der Waals surface area contributed by atoms with Crippen LogP contribution in [0.5, 0.6) is 0 Å². The summed E-state index contributed by atoms with van der Waals surface area (Å²) in [7, 11) is 0. The summed E-state index contributed by atoms with van der Waals surface area (Å²) in [5, 5.41) is 19.9. The highest BCUT2D eigenvalue weighted by molar-refractivity contribution is 5.67. The second-order valence-corrected chi connectivity index (χ2v) is 4.29. The summed E-state index contributed by atoms with van der Waals surface area (Å²) in [6.45, 7) is 2.41. The van der Waals surface area contributed by atoms with Gasteiger partial charge in [-0.3, -0.25) is 10.1 Å². The molecule has 0 heterocycles. The molecule has 6 heteroatoms. The highest BCUT2D eigenvalue weighted by atomic mass is 19.1. The normalized spacial score (nSPS) is 9.95. The van der Waals surface area contributed by atoms with Gasteiger partial charge in [-0.05, 0) is 37.3 Å². The van der Waals surface area contributed by atoms with Crippen LogP contribution in [0.4, 0.5) is 21.5 Å². The van der Waals surface area contributed by atoms with E-state index in [9.17, 15) is 14.5 Å². The minimum atomic E-state index is -0.596. The van der Waals surface area contributed by atoms with Gasteiger partial charge in [-0.2, -0.15) is 5.26 Å². The fourth-order valence-electron chi connectivity index (χ4n) is 2.10. The number of nitro groups is 1. The zero-order valence-corrected chi connectivity index (χ0v) is 11.3. The monoisotopic (exact) mass is 285 g/mol. The molecule has 0 N–H and O–H groups in total. The van der Waals surface area contributed by atoms with Crippen molar-refractivity contribution in [2.24, 2.45) is 0 Å². The lowest BCUT2D eigenvalue weighted by molar-refractivity contribution is -0.385.